The molecule has 3 aromatic carbocycles. The van der Waals surface area contributed by atoms with Gasteiger partial charge < -0.3 is 9.32 Å². The van der Waals surface area contributed by atoms with E-state index in [1.54, 1.807) is 49.4 Å². The zero-order valence-corrected chi connectivity index (χ0v) is 21.7. The largest absolute Gasteiger partial charge is 0.360 e. The van der Waals surface area contributed by atoms with Gasteiger partial charge in [0, 0.05) is 30.4 Å². The minimum Gasteiger partial charge on any atom is -0.360 e. The number of aromatic nitrogens is 3. The maximum absolute atomic E-state index is 13.6. The van der Waals surface area contributed by atoms with Gasteiger partial charge in [-0.1, -0.05) is 30.3 Å². The molecule has 0 aliphatic carbocycles. The van der Waals surface area contributed by atoms with Crippen LogP contribution in [0, 0.1) is 11.6 Å². The molecule has 2 heterocycles. The average molecular weight is 528 g/mol. The van der Waals surface area contributed by atoms with Gasteiger partial charge >= 0.3 is 0 Å². The number of unbranched alkanes of at least 4 members (excludes halogenated alkanes) is 1. The third kappa shape index (κ3) is 5.70. The van der Waals surface area contributed by atoms with E-state index in [4.69, 9.17) is 9.51 Å². The first-order valence-corrected chi connectivity index (χ1v) is 12.8. The Kier molecular flexibility index (Phi) is 7.45. The highest BCUT2D eigenvalue weighted by molar-refractivity contribution is 5.83. The molecule has 8 heteroatoms. The molecular weight excluding hydrogens is 500 g/mol. The SMILES string of the molecule is CC(=O)CCCCc1nc2cc(-c3cc([C@H](C)c4ccc(F)cc4)on3)ccc2c(=O)n1-c1ccc(F)cc1. The van der Waals surface area contributed by atoms with Crippen LogP contribution >= 0.6 is 0 Å². The number of benzene rings is 3. The van der Waals surface area contributed by atoms with Crippen molar-refractivity contribution < 1.29 is 18.1 Å². The zero-order valence-electron chi connectivity index (χ0n) is 21.7. The minimum atomic E-state index is -0.395. The number of rotatable bonds is 9. The number of carbonyl (C=O) groups is 1. The highest BCUT2D eigenvalue weighted by atomic mass is 19.1. The molecule has 0 radical (unpaired) electrons. The van der Waals surface area contributed by atoms with Gasteiger partial charge in [0.25, 0.3) is 5.56 Å². The van der Waals surface area contributed by atoms with Crippen molar-refractivity contribution in [3.05, 3.63) is 112 Å². The van der Waals surface area contributed by atoms with Gasteiger partial charge in [-0.2, -0.15) is 0 Å². The maximum atomic E-state index is 13.6. The normalized spacial score (nSPS) is 12.1. The van der Waals surface area contributed by atoms with Crippen LogP contribution in [0.4, 0.5) is 8.78 Å². The highest BCUT2D eigenvalue weighted by Crippen LogP contribution is 2.29. The molecule has 2 aromatic heterocycles. The van der Waals surface area contributed by atoms with Crippen molar-refractivity contribution in [3.63, 3.8) is 0 Å². The summed E-state index contributed by atoms with van der Waals surface area (Å²) in [5, 5.41) is 4.64. The van der Waals surface area contributed by atoms with Crippen LogP contribution in [0.1, 0.15) is 56.2 Å². The second kappa shape index (κ2) is 11.1. The quantitative estimate of drug-likeness (QED) is 0.198. The lowest BCUT2D eigenvalue weighted by atomic mass is 9.98. The molecule has 0 saturated carbocycles. The Morgan fingerprint density at radius 1 is 0.949 bits per heavy atom. The molecule has 1 atom stereocenters. The number of hydrogen-bond acceptors (Lipinski definition) is 5. The van der Waals surface area contributed by atoms with Gasteiger partial charge in [-0.3, -0.25) is 9.36 Å². The highest BCUT2D eigenvalue weighted by Gasteiger charge is 2.18. The number of ketones is 1. The zero-order chi connectivity index (χ0) is 27.5. The summed E-state index contributed by atoms with van der Waals surface area (Å²) >= 11 is 0. The van der Waals surface area contributed by atoms with E-state index in [9.17, 15) is 18.4 Å². The fourth-order valence-corrected chi connectivity index (χ4v) is 4.62. The molecule has 0 N–H and O–H groups in total. The van der Waals surface area contributed by atoms with Gasteiger partial charge in [-0.25, -0.2) is 13.8 Å². The van der Waals surface area contributed by atoms with Gasteiger partial charge in [-0.15, -0.1) is 0 Å². The summed E-state index contributed by atoms with van der Waals surface area (Å²) in [5.74, 6) is 0.448. The van der Waals surface area contributed by atoms with Crippen LogP contribution in [0.3, 0.4) is 0 Å². The summed E-state index contributed by atoms with van der Waals surface area (Å²) < 4.78 is 34.0. The third-order valence-corrected chi connectivity index (χ3v) is 6.82. The van der Waals surface area contributed by atoms with E-state index in [2.05, 4.69) is 5.16 Å². The van der Waals surface area contributed by atoms with Crippen molar-refractivity contribution in [3.8, 4) is 16.9 Å². The first-order valence-electron chi connectivity index (χ1n) is 12.8. The minimum absolute atomic E-state index is 0.114. The van der Waals surface area contributed by atoms with Crippen LogP contribution in [0.15, 0.2) is 82.1 Å². The van der Waals surface area contributed by atoms with E-state index in [0.717, 1.165) is 11.1 Å². The molecule has 5 rings (SSSR count). The number of carbonyl (C=O) groups excluding carboxylic acids is 1. The standard InChI is InChI=1S/C31H27F2N3O3/c1-19(37)5-3-4-6-30-34-28-17-22(9-16-26(28)31(38)36(30)25-14-12-24(33)13-15-25)27-18-29(39-35-27)20(2)21-7-10-23(32)11-8-21/h7-18,20H,3-6H2,1-2H3/t20-/m1/s1. The summed E-state index contributed by atoms with van der Waals surface area (Å²) in [6.45, 7) is 3.51. The van der Waals surface area contributed by atoms with Gasteiger partial charge in [0.05, 0.1) is 16.6 Å². The number of hydrogen-bond donors (Lipinski definition) is 0. The fraction of sp³-hybridized carbons (Fsp3) is 0.226. The first-order chi connectivity index (χ1) is 18.8. The summed E-state index contributed by atoms with van der Waals surface area (Å²) in [4.78, 5) is 29.8. The number of aryl methyl sites for hydroxylation is 1. The van der Waals surface area contributed by atoms with Crippen LogP contribution in [-0.2, 0) is 11.2 Å². The fourth-order valence-electron chi connectivity index (χ4n) is 4.62. The first kappa shape index (κ1) is 26.2. The summed E-state index contributed by atoms with van der Waals surface area (Å²) in [6.07, 6.45) is 2.29. The Hall–Kier alpha value is -4.46. The van der Waals surface area contributed by atoms with E-state index in [1.165, 1.54) is 28.8 Å². The number of nitrogens with zero attached hydrogens (tertiary/aromatic N) is 3. The summed E-state index contributed by atoms with van der Waals surface area (Å²) in [7, 11) is 0. The van der Waals surface area contributed by atoms with Gasteiger partial charge in [0.1, 0.15) is 34.7 Å². The summed E-state index contributed by atoms with van der Waals surface area (Å²) in [6, 6.07) is 19.1. The monoisotopic (exact) mass is 527 g/mol. The van der Waals surface area contributed by atoms with Crippen molar-refractivity contribution in [2.75, 3.05) is 0 Å². The Bertz CT molecular complexity index is 1690. The number of fused-ring (bicyclic) bond motifs is 1. The Morgan fingerprint density at radius 2 is 1.64 bits per heavy atom. The lowest BCUT2D eigenvalue weighted by Gasteiger charge is -2.14. The molecule has 0 saturated heterocycles. The molecule has 0 aliphatic rings. The van der Waals surface area contributed by atoms with Crippen molar-refractivity contribution >= 4 is 16.7 Å². The number of halogens is 2. The molecule has 6 nitrogen and oxygen atoms in total. The molecule has 0 aliphatic heterocycles. The molecule has 0 unspecified atom stereocenters. The van der Waals surface area contributed by atoms with E-state index < -0.39 is 5.82 Å². The van der Waals surface area contributed by atoms with Crippen molar-refractivity contribution in [2.24, 2.45) is 0 Å². The smallest absolute Gasteiger partial charge is 0.265 e. The molecule has 198 valence electrons. The van der Waals surface area contributed by atoms with Crippen molar-refractivity contribution in [1.29, 1.82) is 0 Å². The predicted octanol–water partition coefficient (Wildman–Crippen LogP) is 6.77. The van der Waals surface area contributed by atoms with E-state index in [1.807, 2.05) is 13.0 Å². The molecule has 0 spiro atoms. The van der Waals surface area contributed by atoms with Crippen molar-refractivity contribution in [1.82, 2.24) is 14.7 Å². The van der Waals surface area contributed by atoms with E-state index >= 15 is 0 Å². The van der Waals surface area contributed by atoms with Crippen LogP contribution in [-0.4, -0.2) is 20.5 Å². The van der Waals surface area contributed by atoms with Gasteiger partial charge in [-0.05, 0) is 73.9 Å². The lowest BCUT2D eigenvalue weighted by Crippen LogP contribution is -2.24. The third-order valence-electron chi connectivity index (χ3n) is 6.82. The van der Waals surface area contributed by atoms with Gasteiger partial charge in [0.15, 0.2) is 0 Å². The van der Waals surface area contributed by atoms with Crippen LogP contribution in [0.2, 0.25) is 0 Å². The molecule has 5 aromatic rings. The van der Waals surface area contributed by atoms with Crippen LogP contribution in [0.25, 0.3) is 27.8 Å². The second-order valence-corrected chi connectivity index (χ2v) is 9.67. The molecule has 39 heavy (non-hydrogen) atoms. The average Bonchev–Trinajstić information content (AvgIpc) is 3.42. The number of Topliss-reactive ketones (excluding diaryl/α,β-unsaturated/α-hetero) is 1. The van der Waals surface area contributed by atoms with Gasteiger partial charge in [0.2, 0.25) is 0 Å². The summed E-state index contributed by atoms with van der Waals surface area (Å²) in [5.41, 5.74) is 3.00. The molecule has 0 bridgehead atoms. The second-order valence-electron chi connectivity index (χ2n) is 9.67. The van der Waals surface area contributed by atoms with Crippen LogP contribution in [0.5, 0.6) is 0 Å². The predicted molar refractivity (Wildman–Crippen MR) is 145 cm³/mol. The molecule has 0 amide bonds. The van der Waals surface area contributed by atoms with E-state index in [-0.39, 0.29) is 23.1 Å². The van der Waals surface area contributed by atoms with Crippen LogP contribution < -0.4 is 5.56 Å². The molecule has 0 fully saturated rings. The Labute approximate surface area is 223 Å². The lowest BCUT2D eigenvalue weighted by molar-refractivity contribution is -0.117. The topological polar surface area (TPSA) is 78.0 Å². The van der Waals surface area contributed by atoms with Crippen molar-refractivity contribution in [2.45, 2.75) is 45.4 Å². The molecular formula is C31H27F2N3O3. The maximum Gasteiger partial charge on any atom is 0.265 e. The van der Waals surface area contributed by atoms with E-state index in [0.29, 0.717) is 59.6 Å². The Morgan fingerprint density at radius 3 is 2.33 bits per heavy atom. The Balaban J connectivity index is 1.52.